The number of aryl methyl sites for hydroxylation is 1. The number of nitrogens with one attached hydrogen (secondary N) is 1. The molecule has 21 heavy (non-hydrogen) atoms. The van der Waals surface area contributed by atoms with Gasteiger partial charge in [0, 0.05) is 25.0 Å². The first kappa shape index (κ1) is 16.0. The SMILES string of the molecule is Cc1ccc([C@@H](CNC(=O)C(C)(C)C)N2CCOCC2)o1. The Labute approximate surface area is 126 Å². The van der Waals surface area contributed by atoms with Crippen LogP contribution in [-0.2, 0) is 9.53 Å². The third-order valence-electron chi connectivity index (χ3n) is 3.71. The molecule has 0 aromatic carbocycles. The lowest BCUT2D eigenvalue weighted by atomic mass is 9.95. The number of hydrogen-bond acceptors (Lipinski definition) is 4. The smallest absolute Gasteiger partial charge is 0.225 e. The summed E-state index contributed by atoms with van der Waals surface area (Å²) in [5.41, 5.74) is -0.380. The Balaban J connectivity index is 2.07. The molecular formula is C16H26N2O3. The Kier molecular flexibility index (Phi) is 5.06. The number of ether oxygens (including phenoxy) is 1. The van der Waals surface area contributed by atoms with Gasteiger partial charge in [0.05, 0.1) is 19.3 Å². The fraction of sp³-hybridized carbons (Fsp3) is 0.688. The fourth-order valence-electron chi connectivity index (χ4n) is 2.39. The Morgan fingerprint density at radius 2 is 2.00 bits per heavy atom. The zero-order valence-electron chi connectivity index (χ0n) is 13.4. The second-order valence-electron chi connectivity index (χ2n) is 6.57. The van der Waals surface area contributed by atoms with E-state index in [1.54, 1.807) is 0 Å². The zero-order valence-corrected chi connectivity index (χ0v) is 13.4. The third-order valence-corrected chi connectivity index (χ3v) is 3.71. The van der Waals surface area contributed by atoms with Crippen molar-refractivity contribution < 1.29 is 13.9 Å². The van der Waals surface area contributed by atoms with Gasteiger partial charge in [0.15, 0.2) is 0 Å². The van der Waals surface area contributed by atoms with Gasteiger partial charge in [-0.1, -0.05) is 20.8 Å². The van der Waals surface area contributed by atoms with Crippen molar-refractivity contribution in [3.63, 3.8) is 0 Å². The highest BCUT2D eigenvalue weighted by Crippen LogP contribution is 2.24. The minimum atomic E-state index is -0.380. The fourth-order valence-corrected chi connectivity index (χ4v) is 2.39. The van der Waals surface area contributed by atoms with E-state index in [1.807, 2.05) is 39.8 Å². The maximum Gasteiger partial charge on any atom is 0.225 e. The summed E-state index contributed by atoms with van der Waals surface area (Å²) in [6, 6.07) is 4.03. The number of nitrogens with zero attached hydrogens (tertiary/aromatic N) is 1. The molecule has 2 heterocycles. The Hall–Kier alpha value is -1.33. The van der Waals surface area contributed by atoms with Crippen molar-refractivity contribution in [1.82, 2.24) is 10.2 Å². The van der Waals surface area contributed by atoms with Crippen LogP contribution in [0.2, 0.25) is 0 Å². The lowest BCUT2D eigenvalue weighted by Crippen LogP contribution is -2.45. The molecule has 1 aliphatic heterocycles. The van der Waals surface area contributed by atoms with Gasteiger partial charge >= 0.3 is 0 Å². The molecule has 0 bridgehead atoms. The van der Waals surface area contributed by atoms with Gasteiger partial charge in [-0.05, 0) is 19.1 Å². The summed E-state index contributed by atoms with van der Waals surface area (Å²) in [6.07, 6.45) is 0. The number of amides is 1. The normalized spacial score (nSPS) is 18.5. The molecule has 1 aliphatic rings. The highest BCUT2D eigenvalue weighted by Gasteiger charge is 2.28. The number of rotatable bonds is 4. The van der Waals surface area contributed by atoms with Crippen molar-refractivity contribution >= 4 is 5.91 Å². The molecule has 5 heteroatoms. The predicted molar refractivity (Wildman–Crippen MR) is 81.0 cm³/mol. The van der Waals surface area contributed by atoms with Gasteiger partial charge < -0.3 is 14.5 Å². The van der Waals surface area contributed by atoms with Crippen LogP contribution in [0.5, 0.6) is 0 Å². The second-order valence-corrected chi connectivity index (χ2v) is 6.57. The van der Waals surface area contributed by atoms with Crippen molar-refractivity contribution in [2.75, 3.05) is 32.8 Å². The van der Waals surface area contributed by atoms with E-state index in [-0.39, 0.29) is 17.4 Å². The van der Waals surface area contributed by atoms with Crippen LogP contribution in [0, 0.1) is 12.3 Å². The van der Waals surface area contributed by atoms with Crippen LogP contribution in [0.4, 0.5) is 0 Å². The molecule has 0 unspecified atom stereocenters. The minimum absolute atomic E-state index is 0.0593. The number of furan rings is 1. The van der Waals surface area contributed by atoms with Crippen molar-refractivity contribution in [2.24, 2.45) is 5.41 Å². The third kappa shape index (κ3) is 4.32. The molecule has 5 nitrogen and oxygen atoms in total. The number of morpholine rings is 1. The van der Waals surface area contributed by atoms with Crippen LogP contribution in [0.25, 0.3) is 0 Å². The predicted octanol–water partition coefficient (Wildman–Crippen LogP) is 2.12. The molecule has 1 aromatic rings. The average molecular weight is 294 g/mol. The van der Waals surface area contributed by atoms with E-state index in [0.29, 0.717) is 6.54 Å². The van der Waals surface area contributed by atoms with Gasteiger partial charge in [-0.2, -0.15) is 0 Å². The number of carbonyl (C=O) groups excluding carboxylic acids is 1. The summed E-state index contributed by atoms with van der Waals surface area (Å²) >= 11 is 0. The second kappa shape index (κ2) is 6.62. The lowest BCUT2D eigenvalue weighted by molar-refractivity contribution is -0.128. The summed E-state index contributed by atoms with van der Waals surface area (Å²) in [5, 5.41) is 3.05. The van der Waals surface area contributed by atoms with E-state index in [4.69, 9.17) is 9.15 Å². The van der Waals surface area contributed by atoms with E-state index in [1.165, 1.54) is 0 Å². The molecule has 1 fully saturated rings. The van der Waals surface area contributed by atoms with Crippen LogP contribution < -0.4 is 5.32 Å². The Bertz CT molecular complexity index is 470. The summed E-state index contributed by atoms with van der Waals surface area (Å²) in [6.45, 7) is 11.4. The minimum Gasteiger partial charge on any atom is -0.465 e. The standard InChI is InChI=1S/C16H26N2O3/c1-12-5-6-14(21-12)13(18-7-9-20-10-8-18)11-17-15(19)16(2,3)4/h5-6,13H,7-11H2,1-4H3,(H,17,19)/t13-/m1/s1. The molecule has 1 atom stereocenters. The number of carbonyl (C=O) groups is 1. The van der Waals surface area contributed by atoms with E-state index >= 15 is 0 Å². The molecule has 118 valence electrons. The van der Waals surface area contributed by atoms with E-state index in [2.05, 4.69) is 10.2 Å². The first-order valence-corrected chi connectivity index (χ1v) is 7.54. The van der Waals surface area contributed by atoms with Gasteiger partial charge in [0.25, 0.3) is 0 Å². The quantitative estimate of drug-likeness (QED) is 0.924. The topological polar surface area (TPSA) is 54.7 Å². The van der Waals surface area contributed by atoms with Gasteiger partial charge in [-0.3, -0.25) is 9.69 Å². The summed E-state index contributed by atoms with van der Waals surface area (Å²) in [4.78, 5) is 14.4. The van der Waals surface area contributed by atoms with Crippen LogP contribution >= 0.6 is 0 Å². The first-order chi connectivity index (χ1) is 9.88. The zero-order chi connectivity index (χ0) is 15.5. The van der Waals surface area contributed by atoms with E-state index in [0.717, 1.165) is 37.8 Å². The lowest BCUT2D eigenvalue weighted by Gasteiger charge is -2.34. The molecule has 0 radical (unpaired) electrons. The van der Waals surface area contributed by atoms with Crippen LogP contribution in [0.3, 0.4) is 0 Å². The summed E-state index contributed by atoms with van der Waals surface area (Å²) in [5.74, 6) is 1.86. The molecule has 1 amide bonds. The molecule has 1 N–H and O–H groups in total. The Morgan fingerprint density at radius 1 is 1.33 bits per heavy atom. The highest BCUT2D eigenvalue weighted by molar-refractivity contribution is 5.81. The van der Waals surface area contributed by atoms with Crippen molar-refractivity contribution in [3.8, 4) is 0 Å². The Morgan fingerprint density at radius 3 is 2.52 bits per heavy atom. The number of hydrogen-bond donors (Lipinski definition) is 1. The monoisotopic (exact) mass is 294 g/mol. The average Bonchev–Trinajstić information content (AvgIpc) is 2.85. The molecule has 0 saturated carbocycles. The van der Waals surface area contributed by atoms with Gasteiger partial charge in [-0.15, -0.1) is 0 Å². The molecule has 1 aromatic heterocycles. The molecule has 2 rings (SSSR count). The van der Waals surface area contributed by atoms with E-state index < -0.39 is 0 Å². The van der Waals surface area contributed by atoms with Gasteiger partial charge in [-0.25, -0.2) is 0 Å². The van der Waals surface area contributed by atoms with E-state index in [9.17, 15) is 4.79 Å². The summed E-state index contributed by atoms with van der Waals surface area (Å²) < 4.78 is 11.2. The van der Waals surface area contributed by atoms with Crippen molar-refractivity contribution in [2.45, 2.75) is 33.7 Å². The largest absolute Gasteiger partial charge is 0.465 e. The van der Waals surface area contributed by atoms with Crippen LogP contribution in [-0.4, -0.2) is 43.7 Å². The van der Waals surface area contributed by atoms with Gasteiger partial charge in [0.2, 0.25) is 5.91 Å². The summed E-state index contributed by atoms with van der Waals surface area (Å²) in [7, 11) is 0. The molecule has 0 spiro atoms. The van der Waals surface area contributed by atoms with Gasteiger partial charge in [0.1, 0.15) is 11.5 Å². The molecular weight excluding hydrogens is 268 g/mol. The highest BCUT2D eigenvalue weighted by atomic mass is 16.5. The molecule has 1 saturated heterocycles. The van der Waals surface area contributed by atoms with Crippen molar-refractivity contribution in [3.05, 3.63) is 23.7 Å². The maximum absolute atomic E-state index is 12.1. The van der Waals surface area contributed by atoms with Crippen LogP contribution in [0.15, 0.2) is 16.5 Å². The first-order valence-electron chi connectivity index (χ1n) is 7.54. The maximum atomic E-state index is 12.1. The van der Waals surface area contributed by atoms with Crippen molar-refractivity contribution in [1.29, 1.82) is 0 Å². The van der Waals surface area contributed by atoms with Crippen LogP contribution in [0.1, 0.15) is 38.3 Å². The molecule has 0 aliphatic carbocycles.